The van der Waals surface area contributed by atoms with Crippen LogP contribution >= 0.6 is 0 Å². The molecule has 0 aliphatic carbocycles. The van der Waals surface area contributed by atoms with E-state index in [0.29, 0.717) is 6.42 Å². The maximum absolute atomic E-state index is 13.7. The third-order valence-electron chi connectivity index (χ3n) is 7.36. The van der Waals surface area contributed by atoms with Crippen LogP contribution in [0, 0.1) is 0 Å². The number of carbonyl (C=O) groups is 1. The number of piperazine rings is 1. The van der Waals surface area contributed by atoms with Crippen LogP contribution in [0.15, 0.2) is 121 Å². The lowest BCUT2D eigenvalue weighted by Gasteiger charge is -2.44. The maximum Gasteiger partial charge on any atom is 0.223 e. The van der Waals surface area contributed by atoms with E-state index >= 15 is 0 Å². The summed E-state index contributed by atoms with van der Waals surface area (Å²) >= 11 is 0. The molecule has 4 aromatic rings. The summed E-state index contributed by atoms with van der Waals surface area (Å²) in [5.74, 6) is 0.294. The second kappa shape index (κ2) is 11.4. The molecule has 1 aliphatic rings. The molecule has 0 spiro atoms. The zero-order valence-corrected chi connectivity index (χ0v) is 20.9. The van der Waals surface area contributed by atoms with Gasteiger partial charge in [0.15, 0.2) is 0 Å². The van der Waals surface area contributed by atoms with Crippen molar-refractivity contribution >= 4 is 5.91 Å². The standard InChI is InChI=1S/C33H34N2O/c1-26-25-34(33(29-18-10-4-11-19-29)30-20-12-5-13-21-30)22-23-35(26)32(36)24-31(27-14-6-2-7-15-27)28-16-8-3-9-17-28/h2-21,26,31,33H,22-25H2,1H3/t26-/m0/s1. The van der Waals surface area contributed by atoms with Crippen molar-refractivity contribution in [3.8, 4) is 0 Å². The van der Waals surface area contributed by atoms with Gasteiger partial charge in [-0.1, -0.05) is 121 Å². The number of benzene rings is 4. The van der Waals surface area contributed by atoms with Gasteiger partial charge in [-0.2, -0.15) is 0 Å². The van der Waals surface area contributed by atoms with Crippen molar-refractivity contribution in [2.24, 2.45) is 0 Å². The van der Waals surface area contributed by atoms with Gasteiger partial charge in [0.2, 0.25) is 5.91 Å². The molecule has 1 atom stereocenters. The predicted molar refractivity (Wildman–Crippen MR) is 147 cm³/mol. The molecule has 1 fully saturated rings. The Labute approximate surface area is 215 Å². The van der Waals surface area contributed by atoms with Crippen molar-refractivity contribution in [3.63, 3.8) is 0 Å². The van der Waals surface area contributed by atoms with Crippen LogP contribution in [-0.2, 0) is 4.79 Å². The third kappa shape index (κ3) is 5.42. The van der Waals surface area contributed by atoms with Gasteiger partial charge in [0.1, 0.15) is 0 Å². The molecule has 0 saturated carbocycles. The van der Waals surface area contributed by atoms with E-state index in [1.807, 2.05) is 12.1 Å². The van der Waals surface area contributed by atoms with Crippen LogP contribution in [0.1, 0.15) is 47.6 Å². The molecular formula is C33H34N2O. The van der Waals surface area contributed by atoms with Gasteiger partial charge in [-0.3, -0.25) is 9.69 Å². The summed E-state index contributed by atoms with van der Waals surface area (Å²) in [4.78, 5) is 18.3. The van der Waals surface area contributed by atoms with Crippen molar-refractivity contribution in [1.82, 2.24) is 9.80 Å². The molecule has 1 heterocycles. The minimum Gasteiger partial charge on any atom is -0.337 e. The molecule has 1 aliphatic heterocycles. The van der Waals surface area contributed by atoms with Gasteiger partial charge in [0.25, 0.3) is 0 Å². The summed E-state index contributed by atoms with van der Waals surface area (Å²) in [5.41, 5.74) is 4.97. The summed E-state index contributed by atoms with van der Waals surface area (Å²) < 4.78 is 0. The first-order chi connectivity index (χ1) is 17.7. The first kappa shape index (κ1) is 24.0. The smallest absolute Gasteiger partial charge is 0.223 e. The second-order valence-electron chi connectivity index (χ2n) is 9.73. The SMILES string of the molecule is C[C@H]1CN(C(c2ccccc2)c2ccccc2)CCN1C(=O)CC(c1ccccc1)c1ccccc1. The van der Waals surface area contributed by atoms with Gasteiger partial charge in [-0.05, 0) is 29.2 Å². The average Bonchev–Trinajstić information content (AvgIpc) is 2.94. The van der Waals surface area contributed by atoms with Crippen LogP contribution in [-0.4, -0.2) is 41.4 Å². The number of rotatable bonds is 7. The predicted octanol–water partition coefficient (Wildman–Crippen LogP) is 6.53. The third-order valence-corrected chi connectivity index (χ3v) is 7.36. The lowest BCUT2D eigenvalue weighted by molar-refractivity contribution is -0.136. The van der Waals surface area contributed by atoms with Crippen LogP contribution < -0.4 is 0 Å². The Morgan fingerprint density at radius 1 is 0.667 bits per heavy atom. The summed E-state index contributed by atoms with van der Waals surface area (Å²) in [5, 5.41) is 0. The van der Waals surface area contributed by atoms with E-state index in [9.17, 15) is 4.79 Å². The molecule has 3 nitrogen and oxygen atoms in total. The first-order valence-electron chi connectivity index (χ1n) is 12.9. The topological polar surface area (TPSA) is 23.6 Å². The largest absolute Gasteiger partial charge is 0.337 e. The van der Waals surface area contributed by atoms with E-state index in [0.717, 1.165) is 19.6 Å². The average molecular weight is 475 g/mol. The lowest BCUT2D eigenvalue weighted by atomic mass is 9.88. The number of amides is 1. The number of hydrogen-bond acceptors (Lipinski definition) is 2. The molecule has 0 aromatic heterocycles. The number of hydrogen-bond donors (Lipinski definition) is 0. The van der Waals surface area contributed by atoms with Crippen molar-refractivity contribution in [1.29, 1.82) is 0 Å². The van der Waals surface area contributed by atoms with E-state index in [2.05, 4.69) is 126 Å². The van der Waals surface area contributed by atoms with Crippen LogP contribution in [0.3, 0.4) is 0 Å². The summed E-state index contributed by atoms with van der Waals surface area (Å²) in [6.45, 7) is 4.64. The molecule has 1 amide bonds. The minimum absolute atomic E-state index is 0.0616. The van der Waals surface area contributed by atoms with Gasteiger partial charge in [-0.25, -0.2) is 0 Å². The molecule has 1 saturated heterocycles. The van der Waals surface area contributed by atoms with E-state index in [1.165, 1.54) is 22.3 Å². The Morgan fingerprint density at radius 2 is 1.08 bits per heavy atom. The van der Waals surface area contributed by atoms with E-state index in [-0.39, 0.29) is 23.9 Å². The first-order valence-corrected chi connectivity index (χ1v) is 12.9. The fourth-order valence-electron chi connectivity index (χ4n) is 5.57. The molecule has 0 radical (unpaired) electrons. The quantitative estimate of drug-likeness (QED) is 0.304. The fourth-order valence-corrected chi connectivity index (χ4v) is 5.57. The highest BCUT2D eigenvalue weighted by Gasteiger charge is 2.33. The van der Waals surface area contributed by atoms with E-state index < -0.39 is 0 Å². The Bertz CT molecular complexity index is 1150. The van der Waals surface area contributed by atoms with Crippen molar-refractivity contribution in [3.05, 3.63) is 144 Å². The van der Waals surface area contributed by atoms with Crippen molar-refractivity contribution in [2.45, 2.75) is 31.3 Å². The second-order valence-corrected chi connectivity index (χ2v) is 9.73. The molecule has 4 aromatic carbocycles. The fraction of sp³-hybridized carbons (Fsp3) is 0.242. The molecule has 0 unspecified atom stereocenters. The number of nitrogens with zero attached hydrogens (tertiary/aromatic N) is 2. The molecule has 3 heteroatoms. The normalized spacial score (nSPS) is 16.4. The molecule has 0 bridgehead atoms. The van der Waals surface area contributed by atoms with Crippen LogP contribution in [0.4, 0.5) is 0 Å². The molecular weight excluding hydrogens is 440 g/mol. The van der Waals surface area contributed by atoms with Crippen molar-refractivity contribution < 1.29 is 4.79 Å². The molecule has 5 rings (SSSR count). The van der Waals surface area contributed by atoms with Crippen LogP contribution in [0.5, 0.6) is 0 Å². The summed E-state index contributed by atoms with van der Waals surface area (Å²) in [6, 6.07) is 42.6. The van der Waals surface area contributed by atoms with E-state index in [1.54, 1.807) is 0 Å². The molecule has 36 heavy (non-hydrogen) atoms. The highest BCUT2D eigenvalue weighted by atomic mass is 16.2. The zero-order chi connectivity index (χ0) is 24.7. The summed E-state index contributed by atoms with van der Waals surface area (Å²) in [7, 11) is 0. The Morgan fingerprint density at radius 3 is 1.50 bits per heavy atom. The van der Waals surface area contributed by atoms with Crippen molar-refractivity contribution in [2.75, 3.05) is 19.6 Å². The monoisotopic (exact) mass is 474 g/mol. The number of carbonyl (C=O) groups excluding carboxylic acids is 1. The summed E-state index contributed by atoms with van der Waals surface area (Å²) in [6.07, 6.45) is 0.485. The van der Waals surface area contributed by atoms with Gasteiger partial charge >= 0.3 is 0 Å². The van der Waals surface area contributed by atoms with Crippen LogP contribution in [0.2, 0.25) is 0 Å². The van der Waals surface area contributed by atoms with Gasteiger partial charge in [-0.15, -0.1) is 0 Å². The van der Waals surface area contributed by atoms with Gasteiger partial charge in [0, 0.05) is 38.0 Å². The van der Waals surface area contributed by atoms with E-state index in [4.69, 9.17) is 0 Å². The minimum atomic E-state index is 0.0616. The lowest BCUT2D eigenvalue weighted by Crippen LogP contribution is -2.55. The maximum atomic E-state index is 13.7. The van der Waals surface area contributed by atoms with Crippen LogP contribution in [0.25, 0.3) is 0 Å². The van der Waals surface area contributed by atoms with Gasteiger partial charge < -0.3 is 4.90 Å². The Balaban J connectivity index is 1.34. The Kier molecular flexibility index (Phi) is 7.58. The highest BCUT2D eigenvalue weighted by molar-refractivity contribution is 5.78. The Hall–Kier alpha value is -3.69. The molecule has 0 N–H and O–H groups in total. The molecule has 182 valence electrons. The zero-order valence-electron chi connectivity index (χ0n) is 20.9. The highest BCUT2D eigenvalue weighted by Crippen LogP contribution is 2.32. The van der Waals surface area contributed by atoms with Gasteiger partial charge in [0.05, 0.1) is 6.04 Å².